The number of para-hydroxylation sites is 1. The molecule has 5 rings (SSSR count). The predicted octanol–water partition coefficient (Wildman–Crippen LogP) is 6.58. The fourth-order valence-electron chi connectivity index (χ4n) is 4.65. The van der Waals surface area contributed by atoms with Crippen LogP contribution in [0.4, 0.5) is 5.69 Å². The maximum atomic E-state index is 13.7. The van der Waals surface area contributed by atoms with Crippen LogP contribution in [0.25, 0.3) is 22.2 Å². The minimum Gasteiger partial charge on any atom is -0.508 e. The van der Waals surface area contributed by atoms with E-state index in [1.807, 2.05) is 61.5 Å². The van der Waals surface area contributed by atoms with Gasteiger partial charge in [0.05, 0.1) is 23.3 Å². The van der Waals surface area contributed by atoms with Gasteiger partial charge in [-0.15, -0.1) is 0 Å². The Labute approximate surface area is 228 Å². The number of benzene rings is 4. The van der Waals surface area contributed by atoms with Crippen LogP contribution in [0.15, 0.2) is 97.1 Å². The predicted molar refractivity (Wildman–Crippen MR) is 156 cm³/mol. The van der Waals surface area contributed by atoms with Crippen LogP contribution in [0, 0.1) is 6.92 Å². The van der Waals surface area contributed by atoms with Gasteiger partial charge in [-0.25, -0.2) is 4.98 Å². The molecule has 1 heterocycles. The number of aromatic hydroxyl groups is 2. The third-order valence-corrected chi connectivity index (χ3v) is 6.77. The molecule has 0 atom stereocenters. The van der Waals surface area contributed by atoms with E-state index in [9.17, 15) is 15.0 Å². The summed E-state index contributed by atoms with van der Waals surface area (Å²) in [6, 6.07) is 30.1. The molecule has 6 heteroatoms. The molecule has 0 unspecified atom stereocenters. The number of phenols is 2. The molecule has 0 fully saturated rings. The van der Waals surface area contributed by atoms with Gasteiger partial charge in [0.2, 0.25) is 0 Å². The highest BCUT2D eigenvalue weighted by molar-refractivity contribution is 6.08. The number of nitrogens with one attached hydrogen (secondary N) is 1. The van der Waals surface area contributed by atoms with Gasteiger partial charge in [0.1, 0.15) is 11.5 Å². The fraction of sp³-hybridized carbons (Fsp3) is 0.152. The first-order chi connectivity index (χ1) is 18.9. The molecule has 6 nitrogen and oxygen atoms in total. The summed E-state index contributed by atoms with van der Waals surface area (Å²) in [5.41, 5.74) is 6.77. The molecule has 1 aromatic heterocycles. The van der Waals surface area contributed by atoms with Crippen molar-refractivity contribution < 1.29 is 15.0 Å². The van der Waals surface area contributed by atoms with Gasteiger partial charge in [-0.1, -0.05) is 61.5 Å². The Morgan fingerprint density at radius 2 is 1.59 bits per heavy atom. The highest BCUT2D eigenvalue weighted by Crippen LogP contribution is 2.30. The largest absolute Gasteiger partial charge is 0.508 e. The second-order valence-corrected chi connectivity index (χ2v) is 9.58. The second kappa shape index (κ2) is 11.4. The van der Waals surface area contributed by atoms with E-state index in [-0.39, 0.29) is 23.0 Å². The number of hydrogen-bond donors (Lipinski definition) is 3. The van der Waals surface area contributed by atoms with Crippen LogP contribution in [0.5, 0.6) is 11.5 Å². The molecular weight excluding hydrogens is 486 g/mol. The molecule has 0 saturated heterocycles. The van der Waals surface area contributed by atoms with Crippen LogP contribution < -0.4 is 10.2 Å². The number of fused-ring (bicyclic) bond motifs is 1. The Morgan fingerprint density at radius 3 is 2.31 bits per heavy atom. The van der Waals surface area contributed by atoms with Gasteiger partial charge >= 0.3 is 0 Å². The van der Waals surface area contributed by atoms with Gasteiger partial charge < -0.3 is 20.4 Å². The number of carbonyl (C=O) groups is 1. The molecule has 0 spiro atoms. The number of anilines is 1. The Balaban J connectivity index is 1.49. The first-order valence-corrected chi connectivity index (χ1v) is 13.0. The van der Waals surface area contributed by atoms with Crippen LogP contribution in [-0.2, 0) is 13.1 Å². The standard InChI is InChI=1S/C33H31N3O3/c1-3-34-20-23-8-10-24(11-9-23)21-36(33(39)29-17-16-28(37)19-31(29)38)27-14-12-25(13-15-27)32-22(2)18-26-6-4-5-7-30(26)35-32/h4-19,34,37-38H,3,20-21H2,1-2H3. The van der Waals surface area contributed by atoms with Crippen molar-refractivity contribution in [3.8, 4) is 22.8 Å². The SMILES string of the molecule is CCNCc1ccc(CN(C(=O)c2ccc(O)cc2O)c2ccc(-c3nc4ccccc4cc3C)cc2)cc1. The molecule has 3 N–H and O–H groups in total. The number of hydrogen-bond acceptors (Lipinski definition) is 5. The number of amides is 1. The van der Waals surface area contributed by atoms with E-state index in [1.54, 1.807) is 4.90 Å². The third kappa shape index (κ3) is 5.76. The molecule has 0 aliphatic heterocycles. The van der Waals surface area contributed by atoms with Crippen molar-refractivity contribution in [3.05, 3.63) is 119 Å². The van der Waals surface area contributed by atoms with Gasteiger partial charge in [0, 0.05) is 29.2 Å². The molecule has 0 radical (unpaired) electrons. The number of aromatic nitrogens is 1. The monoisotopic (exact) mass is 517 g/mol. The number of nitrogens with zero attached hydrogens (tertiary/aromatic N) is 2. The fourth-order valence-corrected chi connectivity index (χ4v) is 4.65. The Bertz CT molecular complexity index is 1610. The van der Waals surface area contributed by atoms with Crippen LogP contribution in [0.2, 0.25) is 0 Å². The minimum absolute atomic E-state index is 0.102. The lowest BCUT2D eigenvalue weighted by molar-refractivity contribution is 0.0982. The third-order valence-electron chi connectivity index (χ3n) is 6.77. The first kappa shape index (κ1) is 25.9. The van der Waals surface area contributed by atoms with E-state index in [1.165, 1.54) is 18.2 Å². The molecule has 5 aromatic rings. The lowest BCUT2D eigenvalue weighted by Gasteiger charge is -2.24. The Kier molecular flexibility index (Phi) is 7.57. The zero-order chi connectivity index (χ0) is 27.4. The molecular formula is C33H31N3O3. The van der Waals surface area contributed by atoms with Crippen molar-refractivity contribution in [2.24, 2.45) is 0 Å². The summed E-state index contributed by atoms with van der Waals surface area (Å²) >= 11 is 0. The zero-order valence-corrected chi connectivity index (χ0v) is 22.1. The van der Waals surface area contributed by atoms with Crippen molar-refractivity contribution in [1.82, 2.24) is 10.3 Å². The minimum atomic E-state index is -0.364. The quantitative estimate of drug-likeness (QED) is 0.217. The normalized spacial score (nSPS) is 11.0. The lowest BCUT2D eigenvalue weighted by atomic mass is 10.0. The van der Waals surface area contributed by atoms with Gasteiger partial charge in [-0.2, -0.15) is 0 Å². The van der Waals surface area contributed by atoms with Crippen molar-refractivity contribution in [1.29, 1.82) is 0 Å². The number of pyridine rings is 1. The molecule has 0 aliphatic carbocycles. The van der Waals surface area contributed by atoms with Crippen molar-refractivity contribution in [3.63, 3.8) is 0 Å². The topological polar surface area (TPSA) is 85.7 Å². The number of carbonyl (C=O) groups excluding carboxylic acids is 1. The number of phenolic OH excluding ortho intramolecular Hbond substituents is 2. The lowest BCUT2D eigenvalue weighted by Crippen LogP contribution is -2.30. The highest BCUT2D eigenvalue weighted by atomic mass is 16.3. The summed E-state index contributed by atoms with van der Waals surface area (Å²) in [6.45, 7) is 6.10. The summed E-state index contributed by atoms with van der Waals surface area (Å²) in [4.78, 5) is 20.2. The summed E-state index contributed by atoms with van der Waals surface area (Å²) < 4.78 is 0. The van der Waals surface area contributed by atoms with E-state index >= 15 is 0 Å². The summed E-state index contributed by atoms with van der Waals surface area (Å²) in [5.74, 6) is -0.731. The van der Waals surface area contributed by atoms with Gasteiger partial charge in [0.15, 0.2) is 0 Å². The average molecular weight is 518 g/mol. The molecule has 0 saturated carbocycles. The Morgan fingerprint density at radius 1 is 0.872 bits per heavy atom. The van der Waals surface area contributed by atoms with Crippen LogP contribution in [0.1, 0.15) is 34.0 Å². The number of aryl methyl sites for hydroxylation is 1. The molecule has 0 aliphatic rings. The summed E-state index contributed by atoms with van der Waals surface area (Å²) in [5, 5.41) is 24.6. The molecule has 39 heavy (non-hydrogen) atoms. The number of rotatable bonds is 8. The van der Waals surface area contributed by atoms with Gasteiger partial charge in [-0.3, -0.25) is 4.79 Å². The molecule has 196 valence electrons. The molecule has 0 bridgehead atoms. The van der Waals surface area contributed by atoms with Crippen LogP contribution in [0.3, 0.4) is 0 Å². The van der Waals surface area contributed by atoms with Crippen molar-refractivity contribution >= 4 is 22.5 Å². The smallest absolute Gasteiger partial charge is 0.262 e. The maximum absolute atomic E-state index is 13.7. The van der Waals surface area contributed by atoms with E-state index in [0.717, 1.165) is 51.9 Å². The summed E-state index contributed by atoms with van der Waals surface area (Å²) in [7, 11) is 0. The summed E-state index contributed by atoms with van der Waals surface area (Å²) in [6.07, 6.45) is 0. The van der Waals surface area contributed by atoms with Gasteiger partial charge in [-0.05, 0) is 66.6 Å². The Hall–Kier alpha value is -4.68. The van der Waals surface area contributed by atoms with E-state index in [0.29, 0.717) is 12.2 Å². The van der Waals surface area contributed by atoms with Gasteiger partial charge in [0.25, 0.3) is 5.91 Å². The maximum Gasteiger partial charge on any atom is 0.262 e. The zero-order valence-electron chi connectivity index (χ0n) is 22.1. The highest BCUT2D eigenvalue weighted by Gasteiger charge is 2.22. The van der Waals surface area contributed by atoms with E-state index < -0.39 is 0 Å². The molecule has 4 aromatic carbocycles. The van der Waals surface area contributed by atoms with Crippen LogP contribution in [-0.4, -0.2) is 27.6 Å². The van der Waals surface area contributed by atoms with Crippen LogP contribution >= 0.6 is 0 Å². The second-order valence-electron chi connectivity index (χ2n) is 9.58. The first-order valence-electron chi connectivity index (χ1n) is 13.0. The average Bonchev–Trinajstić information content (AvgIpc) is 2.95. The van der Waals surface area contributed by atoms with Crippen molar-refractivity contribution in [2.75, 3.05) is 11.4 Å². The van der Waals surface area contributed by atoms with Crippen molar-refractivity contribution in [2.45, 2.75) is 26.9 Å². The van der Waals surface area contributed by atoms with E-state index in [4.69, 9.17) is 4.98 Å². The molecule has 1 amide bonds. The van der Waals surface area contributed by atoms with E-state index in [2.05, 4.69) is 36.5 Å².